The van der Waals surface area contributed by atoms with E-state index in [0.717, 1.165) is 5.56 Å². The van der Waals surface area contributed by atoms with Crippen molar-refractivity contribution in [3.05, 3.63) is 81.0 Å². The Morgan fingerprint density at radius 3 is 2.47 bits per heavy atom. The van der Waals surface area contributed by atoms with Crippen LogP contribution in [0.1, 0.15) is 25.2 Å². The molecule has 0 bridgehead atoms. The van der Waals surface area contributed by atoms with Gasteiger partial charge in [0, 0.05) is 10.7 Å². The molecule has 0 saturated carbocycles. The lowest BCUT2D eigenvalue weighted by Gasteiger charge is -2.16. The van der Waals surface area contributed by atoms with Crippen LogP contribution in [0.2, 0.25) is 10.0 Å². The molecule has 8 nitrogen and oxygen atoms in total. The topological polar surface area (TPSA) is 106 Å². The van der Waals surface area contributed by atoms with E-state index in [4.69, 9.17) is 27.9 Å². The van der Waals surface area contributed by atoms with E-state index in [-0.39, 0.29) is 24.4 Å². The van der Waals surface area contributed by atoms with Gasteiger partial charge in [-0.25, -0.2) is 9.59 Å². The summed E-state index contributed by atoms with van der Waals surface area (Å²) in [7, 11) is 0. The molecule has 0 aliphatic carbocycles. The smallest absolute Gasteiger partial charge is 0.352 e. The third kappa shape index (κ3) is 5.66. The van der Waals surface area contributed by atoms with Crippen molar-refractivity contribution in [2.75, 3.05) is 5.32 Å². The van der Waals surface area contributed by atoms with E-state index in [1.54, 1.807) is 42.5 Å². The van der Waals surface area contributed by atoms with E-state index >= 15 is 0 Å². The first-order valence-corrected chi connectivity index (χ1v) is 10.3. The lowest BCUT2D eigenvalue weighted by atomic mass is 10.2. The molecule has 1 aromatic heterocycles. The summed E-state index contributed by atoms with van der Waals surface area (Å²) in [5.74, 6) is -1.04. The number of ether oxygens (including phenoxy) is 1. The van der Waals surface area contributed by atoms with Crippen molar-refractivity contribution in [2.24, 2.45) is 0 Å². The van der Waals surface area contributed by atoms with Crippen molar-refractivity contribution < 1.29 is 14.6 Å². The predicted octanol–water partition coefficient (Wildman–Crippen LogP) is 4.62. The summed E-state index contributed by atoms with van der Waals surface area (Å²) in [6.07, 6.45) is -0.0534. The lowest BCUT2D eigenvalue weighted by molar-refractivity contribution is -0.130. The second-order valence-electron chi connectivity index (χ2n) is 7.09. The first-order chi connectivity index (χ1) is 15.1. The molecule has 0 spiro atoms. The molecule has 0 radical (unpaired) electrons. The van der Waals surface area contributed by atoms with Crippen LogP contribution in [-0.2, 0) is 11.3 Å². The molecule has 32 heavy (non-hydrogen) atoms. The Hall–Kier alpha value is -3.36. The number of anilines is 2. The van der Waals surface area contributed by atoms with Crippen LogP contribution in [0.4, 0.5) is 11.6 Å². The van der Waals surface area contributed by atoms with Crippen molar-refractivity contribution in [2.45, 2.75) is 26.5 Å². The zero-order valence-corrected chi connectivity index (χ0v) is 18.8. The normalized spacial score (nSPS) is 10.8. The summed E-state index contributed by atoms with van der Waals surface area (Å²) < 4.78 is 6.90. The van der Waals surface area contributed by atoms with Gasteiger partial charge in [0.15, 0.2) is 5.82 Å². The van der Waals surface area contributed by atoms with Crippen LogP contribution in [0.5, 0.6) is 5.75 Å². The summed E-state index contributed by atoms with van der Waals surface area (Å²) in [5.41, 5.74) is 0.191. The predicted molar refractivity (Wildman–Crippen MR) is 124 cm³/mol. The number of carbonyl (C=O) groups is 1. The van der Waals surface area contributed by atoms with Crippen molar-refractivity contribution in [1.82, 2.24) is 14.5 Å². The van der Waals surface area contributed by atoms with Crippen LogP contribution in [0.3, 0.4) is 0 Å². The third-order valence-corrected chi connectivity index (χ3v) is 4.78. The molecule has 10 heteroatoms. The van der Waals surface area contributed by atoms with Crippen LogP contribution in [0.15, 0.2) is 53.8 Å². The lowest BCUT2D eigenvalue weighted by Crippen LogP contribution is -2.29. The van der Waals surface area contributed by atoms with E-state index < -0.39 is 17.2 Å². The Bertz CT molecular complexity index is 1220. The number of nitrogens with one attached hydrogen (secondary N) is 1. The molecule has 0 amide bonds. The molecule has 0 aliphatic rings. The van der Waals surface area contributed by atoms with Gasteiger partial charge >= 0.3 is 11.7 Å². The van der Waals surface area contributed by atoms with Crippen molar-refractivity contribution in [1.29, 1.82) is 0 Å². The standard InChI is InChI=1S/C22H20Cl2N4O4/c1-12(2)32-18-9-8-16(10-17(18)24)25-21-26-19(13(3)20(29)30)27-22(31)28(21)11-14-4-6-15(23)7-5-14/h4-10,12H,3,11H2,1-2H3,(H,29,30)(H,25,26,27,31). The molecule has 0 aliphatic heterocycles. The van der Waals surface area contributed by atoms with Gasteiger partial charge in [0.05, 0.1) is 23.2 Å². The number of aromatic nitrogens is 3. The van der Waals surface area contributed by atoms with Gasteiger partial charge in [-0.15, -0.1) is 0 Å². The summed E-state index contributed by atoms with van der Waals surface area (Å²) >= 11 is 12.2. The van der Waals surface area contributed by atoms with Gasteiger partial charge < -0.3 is 15.2 Å². The van der Waals surface area contributed by atoms with Crippen molar-refractivity contribution in [3.63, 3.8) is 0 Å². The molecule has 0 atom stereocenters. The zero-order chi connectivity index (χ0) is 23.4. The molecule has 3 rings (SSSR count). The second-order valence-corrected chi connectivity index (χ2v) is 7.93. The zero-order valence-electron chi connectivity index (χ0n) is 17.3. The molecular weight excluding hydrogens is 455 g/mol. The molecule has 2 N–H and O–H groups in total. The Morgan fingerprint density at radius 2 is 1.88 bits per heavy atom. The second kappa shape index (κ2) is 9.84. The maximum Gasteiger partial charge on any atom is 0.352 e. The van der Waals surface area contributed by atoms with E-state index in [1.807, 2.05) is 13.8 Å². The number of carboxylic acids is 1. The third-order valence-electron chi connectivity index (χ3n) is 4.23. The minimum Gasteiger partial charge on any atom is -0.489 e. The number of carboxylic acid groups (broad SMARTS) is 1. The average molecular weight is 475 g/mol. The van der Waals surface area contributed by atoms with E-state index in [0.29, 0.717) is 21.5 Å². The Kier molecular flexibility index (Phi) is 7.17. The molecule has 1 heterocycles. The van der Waals surface area contributed by atoms with Crippen LogP contribution >= 0.6 is 23.2 Å². The van der Waals surface area contributed by atoms with Crippen molar-refractivity contribution >= 4 is 46.4 Å². The van der Waals surface area contributed by atoms with Crippen LogP contribution in [0.25, 0.3) is 5.57 Å². The van der Waals surface area contributed by atoms with Gasteiger partial charge in [0.2, 0.25) is 5.95 Å². The summed E-state index contributed by atoms with van der Waals surface area (Å²) in [6.45, 7) is 7.33. The number of hydrogen-bond acceptors (Lipinski definition) is 6. The average Bonchev–Trinajstić information content (AvgIpc) is 2.72. The summed E-state index contributed by atoms with van der Waals surface area (Å²) in [5, 5.41) is 13.2. The number of halogens is 2. The highest BCUT2D eigenvalue weighted by atomic mass is 35.5. The molecular formula is C22H20Cl2N4O4. The number of nitrogens with zero attached hydrogens (tertiary/aromatic N) is 3. The molecule has 0 unspecified atom stereocenters. The monoisotopic (exact) mass is 474 g/mol. The van der Waals surface area contributed by atoms with E-state index in [9.17, 15) is 14.7 Å². The molecule has 0 fully saturated rings. The van der Waals surface area contributed by atoms with Gasteiger partial charge in [-0.3, -0.25) is 4.57 Å². The summed E-state index contributed by atoms with van der Waals surface area (Å²) in [6, 6.07) is 11.9. The fraction of sp³-hybridized carbons (Fsp3) is 0.182. The molecule has 0 saturated heterocycles. The van der Waals surface area contributed by atoms with E-state index in [2.05, 4.69) is 21.9 Å². The van der Waals surface area contributed by atoms with Gasteiger partial charge in [-0.2, -0.15) is 9.97 Å². The highest BCUT2D eigenvalue weighted by molar-refractivity contribution is 6.32. The molecule has 2 aromatic carbocycles. The quantitative estimate of drug-likeness (QED) is 0.458. The highest BCUT2D eigenvalue weighted by Crippen LogP contribution is 2.29. The van der Waals surface area contributed by atoms with Crippen LogP contribution < -0.4 is 15.7 Å². The SMILES string of the molecule is C=C(C(=O)O)c1nc(Nc2ccc(OC(C)C)c(Cl)c2)n(Cc2ccc(Cl)cc2)c(=O)n1. The number of rotatable bonds is 8. The molecule has 166 valence electrons. The fourth-order valence-corrected chi connectivity index (χ4v) is 3.08. The minimum atomic E-state index is -1.33. The van der Waals surface area contributed by atoms with Gasteiger partial charge in [-0.05, 0) is 49.7 Å². The fourth-order valence-electron chi connectivity index (χ4n) is 2.73. The maximum absolute atomic E-state index is 12.8. The number of benzene rings is 2. The first-order valence-electron chi connectivity index (χ1n) is 9.53. The van der Waals surface area contributed by atoms with E-state index in [1.165, 1.54) is 4.57 Å². The van der Waals surface area contributed by atoms with Crippen LogP contribution in [-0.4, -0.2) is 31.7 Å². The largest absolute Gasteiger partial charge is 0.489 e. The van der Waals surface area contributed by atoms with Gasteiger partial charge in [0.1, 0.15) is 5.75 Å². The van der Waals surface area contributed by atoms with Gasteiger partial charge in [-0.1, -0.05) is 41.9 Å². The summed E-state index contributed by atoms with van der Waals surface area (Å²) in [4.78, 5) is 32.1. The minimum absolute atomic E-state index is 0.0534. The van der Waals surface area contributed by atoms with Gasteiger partial charge in [0.25, 0.3) is 0 Å². The molecule has 3 aromatic rings. The number of hydrogen-bond donors (Lipinski definition) is 2. The Labute approximate surface area is 194 Å². The first kappa shape index (κ1) is 23.3. The highest BCUT2D eigenvalue weighted by Gasteiger charge is 2.17. The number of aliphatic carboxylic acids is 1. The Morgan fingerprint density at radius 1 is 1.19 bits per heavy atom. The Balaban J connectivity index is 2.03. The van der Waals surface area contributed by atoms with Crippen LogP contribution in [0, 0.1) is 0 Å². The maximum atomic E-state index is 12.8. The van der Waals surface area contributed by atoms with Crippen molar-refractivity contribution in [3.8, 4) is 5.75 Å².